The molecule has 2 amide bonds. The van der Waals surface area contributed by atoms with Gasteiger partial charge in [0.25, 0.3) is 0 Å². The van der Waals surface area contributed by atoms with E-state index >= 15 is 0 Å². The quantitative estimate of drug-likeness (QED) is 0.484. The summed E-state index contributed by atoms with van der Waals surface area (Å²) in [6.07, 6.45) is 0. The third kappa shape index (κ3) is 2.01. The van der Waals surface area contributed by atoms with E-state index in [4.69, 9.17) is 5.73 Å². The predicted octanol–water partition coefficient (Wildman–Crippen LogP) is 2.38. The molecule has 0 aliphatic heterocycles. The number of urea groups is 1. The van der Waals surface area contributed by atoms with Gasteiger partial charge in [0.15, 0.2) is 0 Å². The van der Waals surface area contributed by atoms with Crippen molar-refractivity contribution in [1.29, 1.82) is 0 Å². The zero-order valence-electron chi connectivity index (χ0n) is 10.1. The lowest BCUT2D eigenvalue weighted by molar-refractivity contribution is 0.251. The molecule has 0 unspecified atom stereocenters. The first kappa shape index (κ1) is 11.3. The first-order chi connectivity index (χ1) is 9.25. The topological polar surface area (TPSA) is 80.0 Å². The molecule has 1 aromatic heterocycles. The van der Waals surface area contributed by atoms with Crippen molar-refractivity contribution in [1.82, 2.24) is 10.4 Å². The van der Waals surface area contributed by atoms with Crippen LogP contribution < -0.4 is 16.6 Å². The molecule has 0 aliphatic rings. The highest BCUT2D eigenvalue weighted by Gasteiger charge is 2.08. The molecule has 0 radical (unpaired) electrons. The summed E-state index contributed by atoms with van der Waals surface area (Å²) >= 11 is 0. The first-order valence-electron chi connectivity index (χ1n) is 5.84. The van der Waals surface area contributed by atoms with Gasteiger partial charge in [0.1, 0.15) is 0 Å². The van der Waals surface area contributed by atoms with Crippen molar-refractivity contribution in [2.75, 3.05) is 5.43 Å². The Bertz CT molecular complexity index is 716. The number of para-hydroxylation sites is 2. The van der Waals surface area contributed by atoms with Crippen LogP contribution in [0.2, 0.25) is 0 Å². The van der Waals surface area contributed by atoms with Crippen LogP contribution in [-0.2, 0) is 0 Å². The van der Waals surface area contributed by atoms with Crippen LogP contribution in [0.4, 0.5) is 10.5 Å². The van der Waals surface area contributed by atoms with E-state index in [2.05, 4.69) is 15.8 Å². The maximum Gasteiger partial charge on any atom is 0.330 e. The standard InChI is InChI=1S/C14H12N4O/c15-14(19)18-17-13-9-5-1-3-7-11(9)16-12-8-4-2-6-10(12)13/h1-8H,(H,16,17)(H3,15,18,19). The van der Waals surface area contributed by atoms with E-state index in [-0.39, 0.29) is 0 Å². The Balaban J connectivity index is 2.29. The predicted molar refractivity (Wildman–Crippen MR) is 75.6 cm³/mol. The molecule has 0 bridgehead atoms. The highest BCUT2D eigenvalue weighted by atomic mass is 16.2. The Morgan fingerprint density at radius 2 is 1.47 bits per heavy atom. The van der Waals surface area contributed by atoms with Crippen molar-refractivity contribution >= 4 is 33.5 Å². The summed E-state index contributed by atoms with van der Waals surface area (Å²) in [6.45, 7) is 0. The van der Waals surface area contributed by atoms with Crippen molar-refractivity contribution in [3.63, 3.8) is 0 Å². The third-order valence-electron chi connectivity index (χ3n) is 2.90. The van der Waals surface area contributed by atoms with Crippen molar-refractivity contribution in [3.05, 3.63) is 48.5 Å². The molecule has 0 spiro atoms. The second-order valence-electron chi connectivity index (χ2n) is 4.14. The fourth-order valence-corrected chi connectivity index (χ4v) is 2.10. The summed E-state index contributed by atoms with van der Waals surface area (Å²) in [6, 6.07) is 14.8. The number of hydrazine groups is 1. The minimum Gasteiger partial charge on any atom is -0.350 e. The normalized spacial score (nSPS) is 10.5. The Kier molecular flexibility index (Phi) is 2.64. The van der Waals surface area contributed by atoms with Crippen LogP contribution in [0.5, 0.6) is 0 Å². The second-order valence-corrected chi connectivity index (χ2v) is 4.14. The molecule has 94 valence electrons. The average molecular weight is 252 g/mol. The molecule has 3 aromatic rings. The lowest BCUT2D eigenvalue weighted by atomic mass is 10.1. The maximum absolute atomic E-state index is 10.9. The van der Waals surface area contributed by atoms with E-state index in [1.54, 1.807) is 0 Å². The molecule has 19 heavy (non-hydrogen) atoms. The lowest BCUT2D eigenvalue weighted by Gasteiger charge is -2.12. The van der Waals surface area contributed by atoms with E-state index in [0.717, 1.165) is 27.5 Å². The molecule has 5 heteroatoms. The highest BCUT2D eigenvalue weighted by Crippen LogP contribution is 2.29. The molecular weight excluding hydrogens is 240 g/mol. The molecule has 1 heterocycles. The molecule has 0 saturated heterocycles. The van der Waals surface area contributed by atoms with Gasteiger partial charge in [-0.05, 0) is 12.1 Å². The minimum absolute atomic E-state index is 0.634. The van der Waals surface area contributed by atoms with Crippen LogP contribution in [0.25, 0.3) is 21.8 Å². The zero-order chi connectivity index (χ0) is 13.2. The highest BCUT2D eigenvalue weighted by molar-refractivity contribution is 6.07. The van der Waals surface area contributed by atoms with Crippen LogP contribution in [0, 0.1) is 0 Å². The number of aromatic nitrogens is 1. The number of hydrogen-bond acceptors (Lipinski definition) is 3. The van der Waals surface area contributed by atoms with Gasteiger partial charge in [-0.15, -0.1) is 0 Å². The number of nitrogens with two attached hydrogens (primary N) is 1. The lowest BCUT2D eigenvalue weighted by Crippen LogP contribution is -2.34. The van der Waals surface area contributed by atoms with Gasteiger partial charge in [-0.3, -0.25) is 10.9 Å². The van der Waals surface area contributed by atoms with E-state index < -0.39 is 6.03 Å². The van der Waals surface area contributed by atoms with Crippen molar-refractivity contribution in [2.45, 2.75) is 0 Å². The number of nitrogens with zero attached hydrogens (tertiary/aromatic N) is 1. The number of benzene rings is 2. The Morgan fingerprint density at radius 3 is 2.00 bits per heavy atom. The van der Waals surface area contributed by atoms with Gasteiger partial charge in [0.05, 0.1) is 16.7 Å². The van der Waals surface area contributed by atoms with E-state index in [9.17, 15) is 4.79 Å². The number of pyridine rings is 1. The molecule has 5 nitrogen and oxygen atoms in total. The van der Waals surface area contributed by atoms with Gasteiger partial charge in [0.2, 0.25) is 0 Å². The summed E-state index contributed by atoms with van der Waals surface area (Å²) in [5.41, 5.74) is 12.9. The number of carbonyl (C=O) groups excluding carboxylic acids is 1. The minimum atomic E-state index is -0.634. The summed E-state index contributed by atoms with van der Waals surface area (Å²) < 4.78 is 0. The molecule has 3 rings (SSSR count). The van der Waals surface area contributed by atoms with E-state index in [0.29, 0.717) is 0 Å². The van der Waals surface area contributed by atoms with Crippen molar-refractivity contribution in [3.8, 4) is 0 Å². The number of nitrogens with one attached hydrogen (secondary N) is 2. The van der Waals surface area contributed by atoms with E-state index in [1.807, 2.05) is 48.5 Å². The van der Waals surface area contributed by atoms with Gasteiger partial charge >= 0.3 is 6.03 Å². The van der Waals surface area contributed by atoms with Crippen LogP contribution in [0.3, 0.4) is 0 Å². The molecule has 2 aromatic carbocycles. The number of amides is 2. The van der Waals surface area contributed by atoms with Gasteiger partial charge in [0, 0.05) is 10.8 Å². The van der Waals surface area contributed by atoms with Gasteiger partial charge in [-0.1, -0.05) is 36.4 Å². The Hall–Kier alpha value is -2.82. The molecule has 4 N–H and O–H groups in total. The number of rotatable bonds is 2. The van der Waals surface area contributed by atoms with Gasteiger partial charge in [-0.2, -0.15) is 0 Å². The fraction of sp³-hybridized carbons (Fsp3) is 0. The van der Waals surface area contributed by atoms with E-state index in [1.165, 1.54) is 0 Å². The average Bonchev–Trinajstić information content (AvgIpc) is 2.43. The SMILES string of the molecule is NC(=O)NNc1c2ccccc2nc2ccccc12. The van der Waals surface area contributed by atoms with Crippen molar-refractivity contribution < 1.29 is 4.79 Å². The summed E-state index contributed by atoms with van der Waals surface area (Å²) in [4.78, 5) is 15.5. The molecule has 0 atom stereocenters. The summed E-state index contributed by atoms with van der Waals surface area (Å²) in [5.74, 6) is 0. The Morgan fingerprint density at radius 1 is 0.947 bits per heavy atom. The van der Waals surface area contributed by atoms with Crippen LogP contribution in [0.15, 0.2) is 48.5 Å². The van der Waals surface area contributed by atoms with Crippen LogP contribution in [-0.4, -0.2) is 11.0 Å². The number of hydrogen-bond donors (Lipinski definition) is 3. The molecule has 0 aliphatic carbocycles. The zero-order valence-corrected chi connectivity index (χ0v) is 10.1. The fourth-order valence-electron chi connectivity index (χ4n) is 2.10. The summed E-state index contributed by atoms with van der Waals surface area (Å²) in [7, 11) is 0. The number of fused-ring (bicyclic) bond motifs is 2. The first-order valence-corrected chi connectivity index (χ1v) is 5.84. The van der Waals surface area contributed by atoms with Crippen molar-refractivity contribution in [2.24, 2.45) is 5.73 Å². The van der Waals surface area contributed by atoms with Crippen LogP contribution in [0.1, 0.15) is 0 Å². The smallest absolute Gasteiger partial charge is 0.330 e. The largest absolute Gasteiger partial charge is 0.350 e. The number of anilines is 1. The second kappa shape index (κ2) is 4.45. The maximum atomic E-state index is 10.9. The Labute approximate surface area is 109 Å². The third-order valence-corrected chi connectivity index (χ3v) is 2.90. The molecule has 0 fully saturated rings. The number of carbonyl (C=O) groups is 1. The summed E-state index contributed by atoms with van der Waals surface area (Å²) in [5, 5.41) is 1.85. The van der Waals surface area contributed by atoms with Crippen LogP contribution >= 0.6 is 0 Å². The number of primary amides is 1. The molecular formula is C14H12N4O. The van der Waals surface area contributed by atoms with Gasteiger partial charge < -0.3 is 5.73 Å². The molecule has 0 saturated carbocycles. The van der Waals surface area contributed by atoms with Gasteiger partial charge in [-0.25, -0.2) is 9.78 Å². The monoisotopic (exact) mass is 252 g/mol.